The van der Waals surface area contributed by atoms with Gasteiger partial charge in [-0.3, -0.25) is 19.4 Å². The van der Waals surface area contributed by atoms with Gasteiger partial charge in [-0.1, -0.05) is 18.2 Å². The molecule has 1 amide bonds. The standard InChI is InChI=1S/C35H31N7O6/c1-16-27(43)25(21-10-9-20-32(37-21)38-34(39-33(20)47)41-13-11-18(12-14-41)31(36)46)29-26(28(16)44)35(3)23(48-29)15-22-24(30(35)45)17(2)40-42(22)19-7-5-4-6-8-19/h4-10,15,18,43-44H,11-14H2,1-3H3,(H2,36,46)(H,37,38,39,47)/t35-/m0/s1. The highest BCUT2D eigenvalue weighted by Gasteiger charge is 2.55. The Balaban J connectivity index is 1.27. The molecule has 1 aliphatic carbocycles. The number of rotatable bonds is 4. The number of nitrogens with one attached hydrogen (secondary N) is 1. The zero-order valence-corrected chi connectivity index (χ0v) is 26.4. The van der Waals surface area contributed by atoms with Crippen molar-refractivity contribution < 1.29 is 24.5 Å². The van der Waals surface area contributed by atoms with Gasteiger partial charge in [0, 0.05) is 30.6 Å². The quantitative estimate of drug-likeness (QED) is 0.224. The average molecular weight is 646 g/mol. The smallest absolute Gasteiger partial charge is 0.261 e. The molecule has 3 aliphatic rings. The molecule has 5 aromatic rings. The number of ketones is 1. The van der Waals surface area contributed by atoms with Gasteiger partial charge in [0.2, 0.25) is 11.9 Å². The fourth-order valence-electron chi connectivity index (χ4n) is 7.14. The Hall–Kier alpha value is -5.98. The number of ether oxygens (including phenoxy) is 1. The highest BCUT2D eigenvalue weighted by Crippen LogP contribution is 2.60. The predicted molar refractivity (Wildman–Crippen MR) is 176 cm³/mol. The van der Waals surface area contributed by atoms with Crippen molar-refractivity contribution in [3.63, 3.8) is 0 Å². The first kappa shape index (κ1) is 29.4. The number of Topliss-reactive ketones (excluding diaryl/α,β-unsaturated/α-hetero) is 1. The molecule has 1 fully saturated rings. The van der Waals surface area contributed by atoms with Crippen LogP contribution in [0.3, 0.4) is 0 Å². The number of fused-ring (bicyclic) bond motifs is 5. The zero-order valence-electron chi connectivity index (χ0n) is 26.4. The summed E-state index contributed by atoms with van der Waals surface area (Å²) in [7, 11) is 0. The van der Waals surface area contributed by atoms with Crippen LogP contribution in [0.25, 0.3) is 34.1 Å². The number of carbonyl (C=O) groups is 2. The van der Waals surface area contributed by atoms with Gasteiger partial charge in [0.15, 0.2) is 11.4 Å². The molecule has 1 saturated heterocycles. The maximum Gasteiger partial charge on any atom is 0.261 e. The van der Waals surface area contributed by atoms with Gasteiger partial charge < -0.3 is 25.6 Å². The number of aromatic amines is 1. The van der Waals surface area contributed by atoms with Crippen molar-refractivity contribution in [1.82, 2.24) is 24.7 Å². The van der Waals surface area contributed by atoms with Gasteiger partial charge in [0.25, 0.3) is 5.56 Å². The number of aromatic hydroxyl groups is 2. The molecular weight excluding hydrogens is 614 g/mol. The summed E-state index contributed by atoms with van der Waals surface area (Å²) < 4.78 is 8.12. The Morgan fingerprint density at radius 2 is 1.75 bits per heavy atom. The third kappa shape index (κ3) is 4.03. The fourth-order valence-corrected chi connectivity index (χ4v) is 7.14. The van der Waals surface area contributed by atoms with Crippen LogP contribution in [0.1, 0.15) is 52.6 Å². The molecule has 0 unspecified atom stereocenters. The van der Waals surface area contributed by atoms with Gasteiger partial charge in [-0.15, -0.1) is 0 Å². The van der Waals surface area contributed by atoms with Gasteiger partial charge in [0.1, 0.15) is 28.4 Å². The van der Waals surface area contributed by atoms with Gasteiger partial charge in [-0.2, -0.15) is 10.1 Å². The highest BCUT2D eigenvalue weighted by atomic mass is 16.5. The third-order valence-corrected chi connectivity index (χ3v) is 9.90. The van der Waals surface area contributed by atoms with Crippen molar-refractivity contribution >= 4 is 34.7 Å². The molecule has 13 nitrogen and oxygen atoms in total. The van der Waals surface area contributed by atoms with E-state index in [1.165, 1.54) is 0 Å². The van der Waals surface area contributed by atoms with Gasteiger partial charge >= 0.3 is 0 Å². The highest BCUT2D eigenvalue weighted by molar-refractivity contribution is 6.14. The number of nitrogens with zero attached hydrogens (tertiary/aromatic N) is 5. The number of primary amides is 1. The third-order valence-electron chi connectivity index (χ3n) is 9.90. The van der Waals surface area contributed by atoms with E-state index in [4.69, 9.17) is 15.5 Å². The lowest BCUT2D eigenvalue weighted by molar-refractivity contribution is -0.122. The first-order chi connectivity index (χ1) is 23.0. The number of carbonyl (C=O) groups excluding carboxylic acids is 2. The van der Waals surface area contributed by atoms with E-state index in [0.29, 0.717) is 48.8 Å². The van der Waals surface area contributed by atoms with Gasteiger partial charge in [0.05, 0.1) is 44.8 Å². The molecule has 8 rings (SSSR count). The van der Waals surface area contributed by atoms with Gasteiger partial charge in [-0.25, -0.2) is 9.67 Å². The SMILES string of the molecule is Cc1nn(-c2ccccc2)c2c1C(=O)[C@@]1(C)C(=C2)Oc2c(-c3ccc4c(=O)[nH]c(N5CCC(C(N)=O)CC5)nc4n3)c(O)c(C)c(O)c21. The second-order valence-corrected chi connectivity index (χ2v) is 12.7. The van der Waals surface area contributed by atoms with Crippen molar-refractivity contribution in [3.05, 3.63) is 86.7 Å². The second-order valence-electron chi connectivity index (χ2n) is 12.7. The number of allylic oxidation sites excluding steroid dienone is 1. The molecule has 1 atom stereocenters. The summed E-state index contributed by atoms with van der Waals surface area (Å²) in [6.45, 7) is 5.97. The molecular formula is C35H31N7O6. The van der Waals surface area contributed by atoms with Crippen LogP contribution < -0.4 is 20.9 Å². The molecule has 0 saturated carbocycles. The molecule has 5 heterocycles. The molecule has 0 bridgehead atoms. The molecule has 2 aliphatic heterocycles. The number of hydrogen-bond acceptors (Lipinski definition) is 10. The lowest BCUT2D eigenvalue weighted by atomic mass is 9.71. The molecule has 242 valence electrons. The maximum absolute atomic E-state index is 14.5. The Kier molecular flexibility index (Phi) is 6.29. The molecule has 3 aromatic heterocycles. The number of nitrogens with two attached hydrogens (primary N) is 1. The summed E-state index contributed by atoms with van der Waals surface area (Å²) in [5.41, 5.74) is 6.79. The monoisotopic (exact) mass is 645 g/mol. The van der Waals surface area contributed by atoms with Crippen molar-refractivity contribution in [3.8, 4) is 34.2 Å². The van der Waals surface area contributed by atoms with Crippen molar-refractivity contribution in [2.75, 3.05) is 18.0 Å². The summed E-state index contributed by atoms with van der Waals surface area (Å²) in [5.74, 6) is -0.761. The molecule has 13 heteroatoms. The molecule has 48 heavy (non-hydrogen) atoms. The number of pyridine rings is 1. The van der Waals surface area contributed by atoms with E-state index in [1.54, 1.807) is 43.7 Å². The average Bonchev–Trinajstić information content (AvgIpc) is 3.58. The molecule has 0 spiro atoms. The van der Waals surface area contributed by atoms with Crippen LogP contribution in [0.4, 0.5) is 5.95 Å². The van der Waals surface area contributed by atoms with Crippen LogP contribution in [0, 0.1) is 19.8 Å². The number of anilines is 1. The minimum Gasteiger partial charge on any atom is -0.507 e. The molecule has 0 radical (unpaired) electrons. The van der Waals surface area contributed by atoms with Crippen LogP contribution in [0.15, 0.2) is 53.0 Å². The Morgan fingerprint density at radius 1 is 1.02 bits per heavy atom. The minimum atomic E-state index is -1.43. The number of para-hydroxylation sites is 1. The van der Waals surface area contributed by atoms with E-state index < -0.39 is 11.0 Å². The van der Waals surface area contributed by atoms with Crippen LogP contribution in [-0.4, -0.2) is 59.7 Å². The number of phenolic OH excluding ortho intramolecular Hbond substituents is 2. The van der Waals surface area contributed by atoms with Gasteiger partial charge in [-0.05, 0) is 57.9 Å². The number of piperidine rings is 1. The number of hydrogen-bond donors (Lipinski definition) is 4. The van der Waals surface area contributed by atoms with Crippen LogP contribution in [0.5, 0.6) is 17.2 Å². The van der Waals surface area contributed by atoms with Crippen LogP contribution in [-0.2, 0) is 10.2 Å². The summed E-state index contributed by atoms with van der Waals surface area (Å²) in [6.07, 6.45) is 2.82. The number of amides is 1. The summed E-state index contributed by atoms with van der Waals surface area (Å²) in [4.78, 5) is 53.2. The van der Waals surface area contributed by atoms with Crippen molar-refractivity contribution in [1.29, 1.82) is 0 Å². The first-order valence-corrected chi connectivity index (χ1v) is 15.6. The second kappa shape index (κ2) is 10.3. The maximum atomic E-state index is 14.5. The number of phenols is 2. The minimum absolute atomic E-state index is 0.0881. The van der Waals surface area contributed by atoms with E-state index in [9.17, 15) is 24.6 Å². The van der Waals surface area contributed by atoms with E-state index in [0.717, 1.165) is 5.69 Å². The number of benzene rings is 2. The zero-order chi connectivity index (χ0) is 33.6. The van der Waals surface area contributed by atoms with E-state index in [1.807, 2.05) is 35.2 Å². The largest absolute Gasteiger partial charge is 0.507 e. The first-order valence-electron chi connectivity index (χ1n) is 15.6. The van der Waals surface area contributed by atoms with Crippen molar-refractivity contribution in [2.45, 2.75) is 39.0 Å². The lowest BCUT2D eigenvalue weighted by Crippen LogP contribution is -2.40. The lowest BCUT2D eigenvalue weighted by Gasteiger charge is -2.30. The number of aromatic nitrogens is 5. The predicted octanol–water partition coefficient (Wildman–Crippen LogP) is 3.79. The Labute approximate surface area is 273 Å². The topological polar surface area (TPSA) is 190 Å². The van der Waals surface area contributed by atoms with E-state index in [2.05, 4.69) is 15.1 Å². The number of H-pyrrole nitrogens is 1. The molecule has 2 aromatic carbocycles. The summed E-state index contributed by atoms with van der Waals surface area (Å²) >= 11 is 0. The number of aryl methyl sites for hydroxylation is 1. The Bertz CT molecular complexity index is 2320. The van der Waals surface area contributed by atoms with Crippen LogP contribution >= 0.6 is 0 Å². The Morgan fingerprint density at radius 3 is 2.46 bits per heavy atom. The summed E-state index contributed by atoms with van der Waals surface area (Å²) in [5, 5.41) is 27.8. The van der Waals surface area contributed by atoms with Crippen molar-refractivity contribution in [2.24, 2.45) is 11.7 Å². The van der Waals surface area contributed by atoms with E-state index >= 15 is 0 Å². The molecule has 5 N–H and O–H groups in total. The fraction of sp³-hybridized carbons (Fsp3) is 0.257. The normalized spacial score (nSPS) is 18.7. The summed E-state index contributed by atoms with van der Waals surface area (Å²) in [6, 6.07) is 12.6. The van der Waals surface area contributed by atoms with Crippen LogP contribution in [0.2, 0.25) is 0 Å². The van der Waals surface area contributed by atoms with E-state index in [-0.39, 0.29) is 74.0 Å².